The highest BCUT2D eigenvalue weighted by Gasteiger charge is 2.22. The van der Waals surface area contributed by atoms with Gasteiger partial charge in [0.15, 0.2) is 11.5 Å². The molecule has 1 atom stereocenters. The average Bonchev–Trinajstić information content (AvgIpc) is 2.99. The van der Waals surface area contributed by atoms with Crippen LogP contribution < -0.4 is 4.90 Å². The van der Waals surface area contributed by atoms with Gasteiger partial charge in [0.25, 0.3) is 0 Å². The lowest BCUT2D eigenvalue weighted by molar-refractivity contribution is -0.138. The molecule has 0 radical (unpaired) electrons. The van der Waals surface area contributed by atoms with Crippen molar-refractivity contribution in [1.82, 2.24) is 19.8 Å². The third-order valence-electron chi connectivity index (χ3n) is 3.78. The largest absolute Gasteiger partial charge is 0.480 e. The van der Waals surface area contributed by atoms with Crippen LogP contribution in [0.3, 0.4) is 0 Å². The summed E-state index contributed by atoms with van der Waals surface area (Å²) in [5.74, 6) is 0.312. The molecular weight excluding hydrogens is 294 g/mol. The van der Waals surface area contributed by atoms with Crippen molar-refractivity contribution in [2.24, 2.45) is 0 Å². The van der Waals surface area contributed by atoms with Crippen molar-refractivity contribution in [3.05, 3.63) is 42.5 Å². The highest BCUT2D eigenvalue weighted by Crippen LogP contribution is 2.20. The quantitative estimate of drug-likeness (QED) is 0.777. The van der Waals surface area contributed by atoms with Crippen molar-refractivity contribution in [2.75, 3.05) is 11.9 Å². The summed E-state index contributed by atoms with van der Waals surface area (Å²) >= 11 is 0. The first-order valence-corrected chi connectivity index (χ1v) is 7.35. The van der Waals surface area contributed by atoms with Gasteiger partial charge < -0.3 is 10.0 Å². The second-order valence-electron chi connectivity index (χ2n) is 5.22. The standard InChI is InChI=1S/C16H17N5O2/c1-3-12(16(22)23)20(2)14-10-9-13-17-18-15(21(13)19-14)11-7-5-4-6-8-11/h4-10,12H,3H2,1-2H3,(H,22,23). The van der Waals surface area contributed by atoms with Crippen LogP contribution in [0.1, 0.15) is 13.3 Å². The Kier molecular flexibility index (Phi) is 3.92. The Labute approximate surface area is 133 Å². The molecule has 1 aromatic carbocycles. The summed E-state index contributed by atoms with van der Waals surface area (Å²) in [6.07, 6.45) is 0.485. The van der Waals surface area contributed by atoms with Gasteiger partial charge in [0.2, 0.25) is 0 Å². The SMILES string of the molecule is CCC(C(=O)O)N(C)c1ccc2nnc(-c3ccccc3)n2n1. The van der Waals surface area contributed by atoms with E-state index in [0.717, 1.165) is 5.56 Å². The number of carbonyl (C=O) groups is 1. The number of hydrogen-bond acceptors (Lipinski definition) is 5. The summed E-state index contributed by atoms with van der Waals surface area (Å²) < 4.78 is 1.63. The molecule has 0 aliphatic heterocycles. The molecule has 1 unspecified atom stereocenters. The van der Waals surface area contributed by atoms with Gasteiger partial charge in [-0.25, -0.2) is 4.79 Å². The molecule has 0 saturated heterocycles. The zero-order valence-corrected chi connectivity index (χ0v) is 12.9. The molecule has 0 spiro atoms. The number of benzene rings is 1. The Morgan fingerprint density at radius 1 is 1.22 bits per heavy atom. The van der Waals surface area contributed by atoms with Gasteiger partial charge >= 0.3 is 5.97 Å². The van der Waals surface area contributed by atoms with Gasteiger partial charge in [-0.15, -0.1) is 15.3 Å². The maximum Gasteiger partial charge on any atom is 0.326 e. The topological polar surface area (TPSA) is 83.6 Å². The molecule has 0 aliphatic rings. The zero-order valence-electron chi connectivity index (χ0n) is 12.9. The summed E-state index contributed by atoms with van der Waals surface area (Å²) in [4.78, 5) is 13.0. The van der Waals surface area contributed by atoms with Crippen LogP contribution in [0.2, 0.25) is 0 Å². The van der Waals surface area contributed by atoms with Crippen molar-refractivity contribution in [3.63, 3.8) is 0 Å². The van der Waals surface area contributed by atoms with Crippen LogP contribution in [-0.2, 0) is 4.79 Å². The molecule has 7 heteroatoms. The van der Waals surface area contributed by atoms with Gasteiger partial charge in [0.05, 0.1) is 0 Å². The minimum absolute atomic E-state index is 0.485. The Morgan fingerprint density at radius 3 is 2.61 bits per heavy atom. The molecule has 0 fully saturated rings. The molecule has 2 aromatic heterocycles. The number of rotatable bonds is 5. The first-order chi connectivity index (χ1) is 11.1. The molecular formula is C16H17N5O2. The predicted octanol–water partition coefficient (Wildman–Crippen LogP) is 2.09. The minimum atomic E-state index is -0.871. The fraction of sp³-hybridized carbons (Fsp3) is 0.250. The van der Waals surface area contributed by atoms with Crippen molar-refractivity contribution >= 4 is 17.4 Å². The van der Waals surface area contributed by atoms with E-state index in [0.29, 0.717) is 23.7 Å². The summed E-state index contributed by atoms with van der Waals surface area (Å²) in [6.45, 7) is 1.84. The van der Waals surface area contributed by atoms with Crippen LogP contribution in [0, 0.1) is 0 Å². The number of aliphatic carboxylic acids is 1. The van der Waals surface area contributed by atoms with Crippen molar-refractivity contribution in [3.8, 4) is 11.4 Å². The van der Waals surface area contributed by atoms with Crippen LogP contribution in [0.5, 0.6) is 0 Å². The van der Waals surface area contributed by atoms with Gasteiger partial charge in [-0.05, 0) is 18.6 Å². The first-order valence-electron chi connectivity index (χ1n) is 7.35. The molecule has 3 rings (SSSR count). The summed E-state index contributed by atoms with van der Waals surface area (Å²) in [5, 5.41) is 22.1. The zero-order chi connectivity index (χ0) is 16.4. The van der Waals surface area contributed by atoms with Crippen molar-refractivity contribution in [1.29, 1.82) is 0 Å². The first kappa shape index (κ1) is 15.0. The van der Waals surface area contributed by atoms with Crippen LogP contribution in [0.25, 0.3) is 17.0 Å². The van der Waals surface area contributed by atoms with E-state index in [9.17, 15) is 9.90 Å². The van der Waals surface area contributed by atoms with Gasteiger partial charge in [0.1, 0.15) is 11.9 Å². The highest BCUT2D eigenvalue weighted by atomic mass is 16.4. The minimum Gasteiger partial charge on any atom is -0.480 e. The maximum atomic E-state index is 11.3. The lowest BCUT2D eigenvalue weighted by Crippen LogP contribution is -2.38. The molecule has 118 valence electrons. The lowest BCUT2D eigenvalue weighted by atomic mass is 10.2. The second-order valence-corrected chi connectivity index (χ2v) is 5.22. The van der Waals surface area contributed by atoms with Crippen LogP contribution in [0.4, 0.5) is 5.82 Å². The van der Waals surface area contributed by atoms with Gasteiger partial charge in [-0.3, -0.25) is 0 Å². The third kappa shape index (κ3) is 2.73. The smallest absolute Gasteiger partial charge is 0.326 e. The number of carboxylic acid groups (broad SMARTS) is 1. The Morgan fingerprint density at radius 2 is 1.96 bits per heavy atom. The van der Waals surface area contributed by atoms with E-state index in [-0.39, 0.29) is 0 Å². The Bertz CT molecular complexity index is 831. The van der Waals surface area contributed by atoms with Crippen LogP contribution in [-0.4, -0.2) is 44.0 Å². The van der Waals surface area contributed by atoms with Gasteiger partial charge in [0, 0.05) is 12.6 Å². The van der Waals surface area contributed by atoms with E-state index in [1.54, 1.807) is 28.6 Å². The molecule has 1 N–H and O–H groups in total. The predicted molar refractivity (Wildman–Crippen MR) is 86.3 cm³/mol. The summed E-state index contributed by atoms with van der Waals surface area (Å²) in [7, 11) is 1.73. The number of fused-ring (bicyclic) bond motifs is 1. The lowest BCUT2D eigenvalue weighted by Gasteiger charge is -2.24. The molecule has 0 saturated carbocycles. The van der Waals surface area contributed by atoms with Crippen molar-refractivity contribution in [2.45, 2.75) is 19.4 Å². The molecule has 0 bridgehead atoms. The normalized spacial score (nSPS) is 12.3. The fourth-order valence-corrected chi connectivity index (χ4v) is 2.51. The van der Waals surface area contributed by atoms with E-state index < -0.39 is 12.0 Å². The van der Waals surface area contributed by atoms with Gasteiger partial charge in [-0.2, -0.15) is 4.52 Å². The molecule has 2 heterocycles. The molecule has 0 aliphatic carbocycles. The number of carboxylic acids is 1. The maximum absolute atomic E-state index is 11.3. The van der Waals surface area contributed by atoms with Crippen molar-refractivity contribution < 1.29 is 9.90 Å². The monoisotopic (exact) mass is 311 g/mol. The fourth-order valence-electron chi connectivity index (χ4n) is 2.51. The molecule has 7 nitrogen and oxygen atoms in total. The number of aromatic nitrogens is 4. The molecule has 23 heavy (non-hydrogen) atoms. The Hall–Kier alpha value is -2.96. The molecule has 0 amide bonds. The highest BCUT2D eigenvalue weighted by molar-refractivity contribution is 5.77. The second kappa shape index (κ2) is 6.04. The third-order valence-corrected chi connectivity index (χ3v) is 3.78. The summed E-state index contributed by atoms with van der Waals surface area (Å²) in [5.41, 5.74) is 1.52. The van der Waals surface area contributed by atoms with E-state index in [1.807, 2.05) is 37.3 Å². The average molecular weight is 311 g/mol. The van der Waals surface area contributed by atoms with E-state index in [2.05, 4.69) is 15.3 Å². The molecule has 3 aromatic rings. The van der Waals surface area contributed by atoms with E-state index >= 15 is 0 Å². The summed E-state index contributed by atoms with van der Waals surface area (Å²) in [6, 6.07) is 12.5. The number of anilines is 1. The van der Waals surface area contributed by atoms with E-state index in [1.165, 1.54) is 0 Å². The van der Waals surface area contributed by atoms with Crippen LogP contribution in [0.15, 0.2) is 42.5 Å². The Balaban J connectivity index is 2.06. The number of hydrogen-bond donors (Lipinski definition) is 1. The number of nitrogens with zero attached hydrogens (tertiary/aromatic N) is 5. The van der Waals surface area contributed by atoms with E-state index in [4.69, 9.17) is 0 Å². The number of likely N-dealkylation sites (N-methyl/N-ethyl adjacent to an activating group) is 1. The van der Waals surface area contributed by atoms with Crippen LogP contribution >= 0.6 is 0 Å². The van der Waals surface area contributed by atoms with Gasteiger partial charge in [-0.1, -0.05) is 37.3 Å².